The number of nitrogens with zero attached hydrogens (tertiary/aromatic N) is 2. The van der Waals surface area contributed by atoms with Crippen molar-refractivity contribution in [3.63, 3.8) is 0 Å². The van der Waals surface area contributed by atoms with Crippen molar-refractivity contribution in [1.29, 1.82) is 0 Å². The summed E-state index contributed by atoms with van der Waals surface area (Å²) < 4.78 is 32.3. The second-order valence-electron chi connectivity index (χ2n) is 9.72. The lowest BCUT2D eigenvalue weighted by molar-refractivity contribution is -0.140. The van der Waals surface area contributed by atoms with Crippen molar-refractivity contribution in [2.75, 3.05) is 24.2 Å². The van der Waals surface area contributed by atoms with Gasteiger partial charge in [0, 0.05) is 29.1 Å². The lowest BCUT2D eigenvalue weighted by atomic mass is 10.0. The van der Waals surface area contributed by atoms with Crippen LogP contribution < -0.4 is 14.4 Å². The monoisotopic (exact) mass is 619 g/mol. The highest BCUT2D eigenvalue weighted by Crippen LogP contribution is 2.33. The minimum Gasteiger partial charge on any atom is -0.495 e. The van der Waals surface area contributed by atoms with Gasteiger partial charge in [-0.15, -0.1) is 0 Å². The van der Waals surface area contributed by atoms with Crippen LogP contribution >= 0.6 is 23.2 Å². The zero-order valence-electron chi connectivity index (χ0n) is 23.5. The predicted octanol–water partition coefficient (Wildman–Crippen LogP) is 5.32. The van der Waals surface area contributed by atoms with E-state index in [0.29, 0.717) is 17.0 Å². The van der Waals surface area contributed by atoms with Crippen LogP contribution in [0.4, 0.5) is 5.69 Å². The van der Waals surface area contributed by atoms with Crippen LogP contribution in [-0.4, -0.2) is 57.1 Å². The van der Waals surface area contributed by atoms with Crippen LogP contribution in [0.1, 0.15) is 31.4 Å². The summed E-state index contributed by atoms with van der Waals surface area (Å²) in [6.45, 7) is 3.22. The molecule has 2 unspecified atom stereocenters. The molecule has 41 heavy (non-hydrogen) atoms. The molecule has 0 heterocycles. The first-order valence-electron chi connectivity index (χ1n) is 13.1. The van der Waals surface area contributed by atoms with Gasteiger partial charge in [0.15, 0.2) is 0 Å². The molecule has 0 saturated heterocycles. The highest BCUT2D eigenvalue weighted by atomic mass is 35.5. The third kappa shape index (κ3) is 8.86. The highest BCUT2D eigenvalue weighted by molar-refractivity contribution is 7.92. The van der Waals surface area contributed by atoms with Crippen LogP contribution in [0.3, 0.4) is 0 Å². The number of benzene rings is 3. The fourth-order valence-corrected chi connectivity index (χ4v) is 5.46. The SMILES string of the molecule is CCC(C)NC(=O)C(Cc1ccccc1)N(Cc1ccccc1Cl)C(=O)CN(c1cc(Cl)ccc1OC)S(C)(=O)=O. The molecule has 1 N–H and O–H groups in total. The highest BCUT2D eigenvalue weighted by Gasteiger charge is 2.34. The molecule has 0 radical (unpaired) electrons. The molecular formula is C30H35Cl2N3O5S. The van der Waals surface area contributed by atoms with Gasteiger partial charge in [0.25, 0.3) is 0 Å². The first-order chi connectivity index (χ1) is 19.4. The maximum Gasteiger partial charge on any atom is 0.244 e. The Morgan fingerprint density at radius 2 is 1.66 bits per heavy atom. The largest absolute Gasteiger partial charge is 0.495 e. The number of nitrogens with one attached hydrogen (secondary N) is 1. The summed E-state index contributed by atoms with van der Waals surface area (Å²) in [6, 6.07) is 19.8. The van der Waals surface area contributed by atoms with E-state index in [0.717, 1.165) is 16.1 Å². The van der Waals surface area contributed by atoms with E-state index in [4.69, 9.17) is 27.9 Å². The molecule has 0 saturated carbocycles. The first kappa shape index (κ1) is 32.2. The van der Waals surface area contributed by atoms with Gasteiger partial charge in [-0.1, -0.05) is 78.7 Å². The number of rotatable bonds is 13. The summed E-state index contributed by atoms with van der Waals surface area (Å²) in [5.41, 5.74) is 1.56. The van der Waals surface area contributed by atoms with Gasteiger partial charge in [0.2, 0.25) is 21.8 Å². The summed E-state index contributed by atoms with van der Waals surface area (Å²) in [4.78, 5) is 29.3. The molecule has 220 valence electrons. The molecule has 3 aromatic carbocycles. The second-order valence-corrected chi connectivity index (χ2v) is 12.5. The molecule has 3 aromatic rings. The number of hydrogen-bond acceptors (Lipinski definition) is 5. The predicted molar refractivity (Wildman–Crippen MR) is 164 cm³/mol. The number of hydrogen-bond donors (Lipinski definition) is 1. The Morgan fingerprint density at radius 3 is 2.27 bits per heavy atom. The van der Waals surface area contributed by atoms with Gasteiger partial charge in [0.05, 0.1) is 19.1 Å². The molecule has 0 aliphatic heterocycles. The van der Waals surface area contributed by atoms with E-state index in [1.807, 2.05) is 44.2 Å². The Labute approximate surface area is 252 Å². The second kappa shape index (κ2) is 14.6. The molecular weight excluding hydrogens is 585 g/mol. The van der Waals surface area contributed by atoms with Crippen molar-refractivity contribution in [1.82, 2.24) is 10.2 Å². The van der Waals surface area contributed by atoms with Crippen LogP contribution in [-0.2, 0) is 32.6 Å². The number of amides is 2. The molecule has 11 heteroatoms. The molecule has 3 rings (SSSR count). The van der Waals surface area contributed by atoms with E-state index < -0.39 is 28.5 Å². The number of sulfonamides is 1. The van der Waals surface area contributed by atoms with E-state index in [2.05, 4.69) is 5.32 Å². The smallest absolute Gasteiger partial charge is 0.244 e. The van der Waals surface area contributed by atoms with Gasteiger partial charge in [-0.3, -0.25) is 13.9 Å². The Kier molecular flexibility index (Phi) is 11.5. The minimum atomic E-state index is -3.98. The molecule has 0 aliphatic rings. The lowest BCUT2D eigenvalue weighted by Crippen LogP contribution is -2.54. The lowest BCUT2D eigenvalue weighted by Gasteiger charge is -2.34. The van der Waals surface area contributed by atoms with Crippen molar-refractivity contribution < 1.29 is 22.7 Å². The Morgan fingerprint density at radius 1 is 1.00 bits per heavy atom. The first-order valence-corrected chi connectivity index (χ1v) is 15.7. The number of methoxy groups -OCH3 is 1. The van der Waals surface area contributed by atoms with Gasteiger partial charge in [-0.2, -0.15) is 0 Å². The van der Waals surface area contributed by atoms with E-state index in [-0.39, 0.29) is 41.4 Å². The summed E-state index contributed by atoms with van der Waals surface area (Å²) in [6.07, 6.45) is 1.90. The molecule has 0 fully saturated rings. The molecule has 2 amide bonds. The Bertz CT molecular complexity index is 1450. The molecule has 0 aromatic heterocycles. The number of ether oxygens (including phenoxy) is 1. The van der Waals surface area contributed by atoms with Gasteiger partial charge in [0.1, 0.15) is 18.3 Å². The summed E-state index contributed by atoms with van der Waals surface area (Å²) in [7, 11) is -2.59. The van der Waals surface area contributed by atoms with Crippen molar-refractivity contribution in [2.24, 2.45) is 0 Å². The third-order valence-electron chi connectivity index (χ3n) is 6.66. The van der Waals surface area contributed by atoms with Crippen molar-refractivity contribution >= 4 is 50.7 Å². The normalized spacial score (nSPS) is 12.7. The topological polar surface area (TPSA) is 96.0 Å². The van der Waals surface area contributed by atoms with E-state index in [1.165, 1.54) is 24.1 Å². The fraction of sp³-hybridized carbons (Fsp3) is 0.333. The average Bonchev–Trinajstić information content (AvgIpc) is 2.94. The summed E-state index contributed by atoms with van der Waals surface area (Å²) >= 11 is 12.7. The molecule has 0 spiro atoms. The fourth-order valence-electron chi connectivity index (χ4n) is 4.26. The van der Waals surface area contributed by atoms with Gasteiger partial charge < -0.3 is 15.0 Å². The molecule has 8 nitrogen and oxygen atoms in total. The van der Waals surface area contributed by atoms with Crippen LogP contribution in [0.15, 0.2) is 72.8 Å². The van der Waals surface area contributed by atoms with Crippen LogP contribution in [0.5, 0.6) is 5.75 Å². The van der Waals surface area contributed by atoms with Crippen molar-refractivity contribution in [3.8, 4) is 5.75 Å². The maximum absolute atomic E-state index is 14.2. The molecule has 0 bridgehead atoms. The zero-order valence-corrected chi connectivity index (χ0v) is 25.8. The number of halogens is 2. The molecule has 0 aliphatic carbocycles. The van der Waals surface area contributed by atoms with Gasteiger partial charge in [-0.25, -0.2) is 8.42 Å². The van der Waals surface area contributed by atoms with E-state index in [9.17, 15) is 18.0 Å². The minimum absolute atomic E-state index is 0.0196. The van der Waals surface area contributed by atoms with Crippen LogP contribution in [0.2, 0.25) is 10.0 Å². The molecule has 2 atom stereocenters. The number of carbonyl (C=O) groups is 2. The van der Waals surface area contributed by atoms with Gasteiger partial charge >= 0.3 is 0 Å². The van der Waals surface area contributed by atoms with Crippen molar-refractivity contribution in [3.05, 3.63) is 94.0 Å². The van der Waals surface area contributed by atoms with Crippen molar-refractivity contribution in [2.45, 2.75) is 45.3 Å². The number of carbonyl (C=O) groups excluding carboxylic acids is 2. The maximum atomic E-state index is 14.2. The zero-order chi connectivity index (χ0) is 30.2. The summed E-state index contributed by atoms with van der Waals surface area (Å²) in [5, 5.41) is 3.68. The Hall–Kier alpha value is -3.27. The quantitative estimate of drug-likeness (QED) is 0.279. The van der Waals surface area contributed by atoms with Gasteiger partial charge in [-0.05, 0) is 48.7 Å². The standard InChI is InChI=1S/C30H35Cl2N3O5S/c1-5-21(2)33-30(37)27(17-22-11-7-6-8-12-22)34(19-23-13-9-10-14-25(23)32)29(36)20-35(41(4,38)39)26-18-24(31)15-16-28(26)40-3/h6-16,18,21,27H,5,17,19-20H2,1-4H3,(H,33,37). The van der Waals surface area contributed by atoms with Crippen LogP contribution in [0, 0.1) is 0 Å². The van der Waals surface area contributed by atoms with E-state index in [1.54, 1.807) is 30.3 Å². The Balaban J connectivity index is 2.11. The number of anilines is 1. The third-order valence-corrected chi connectivity index (χ3v) is 8.39. The van der Waals surface area contributed by atoms with Crippen LogP contribution in [0.25, 0.3) is 0 Å². The summed E-state index contributed by atoms with van der Waals surface area (Å²) in [5.74, 6) is -0.729. The van der Waals surface area contributed by atoms with E-state index >= 15 is 0 Å². The average molecular weight is 621 g/mol.